The smallest absolute Gasteiger partial charge is 0.337 e. The summed E-state index contributed by atoms with van der Waals surface area (Å²) in [5.41, 5.74) is 3.86. The SMILES string of the molecule is COC(=O)c1cc(-c2ccccc2)c2c(c1)c1ccccc1n2C(C)=O. The fourth-order valence-electron chi connectivity index (χ4n) is 3.50. The van der Waals surface area contributed by atoms with E-state index in [1.807, 2.05) is 54.6 Å². The van der Waals surface area contributed by atoms with Gasteiger partial charge in [0.25, 0.3) is 0 Å². The van der Waals surface area contributed by atoms with Crippen molar-refractivity contribution in [1.29, 1.82) is 0 Å². The highest BCUT2D eigenvalue weighted by molar-refractivity contribution is 6.18. The van der Waals surface area contributed by atoms with Crippen LogP contribution in [0.5, 0.6) is 0 Å². The number of rotatable bonds is 2. The summed E-state index contributed by atoms with van der Waals surface area (Å²) in [5, 5.41) is 1.79. The zero-order valence-corrected chi connectivity index (χ0v) is 14.5. The number of fused-ring (bicyclic) bond motifs is 3. The molecule has 0 unspecified atom stereocenters. The van der Waals surface area contributed by atoms with Gasteiger partial charge in [0.15, 0.2) is 0 Å². The lowest BCUT2D eigenvalue weighted by atomic mass is 9.99. The minimum Gasteiger partial charge on any atom is -0.465 e. The quantitative estimate of drug-likeness (QED) is 0.486. The van der Waals surface area contributed by atoms with E-state index in [4.69, 9.17) is 4.74 Å². The number of carbonyl (C=O) groups is 2. The summed E-state index contributed by atoms with van der Waals surface area (Å²) in [5.74, 6) is -0.470. The third-order valence-corrected chi connectivity index (χ3v) is 4.59. The molecule has 0 aliphatic carbocycles. The molecular formula is C22H17NO3. The molecule has 0 N–H and O–H groups in total. The Balaban J connectivity index is 2.23. The summed E-state index contributed by atoms with van der Waals surface area (Å²) >= 11 is 0. The Hall–Kier alpha value is -3.40. The molecule has 0 bridgehead atoms. The molecule has 4 nitrogen and oxygen atoms in total. The van der Waals surface area contributed by atoms with Crippen molar-refractivity contribution in [2.45, 2.75) is 6.92 Å². The Morgan fingerprint density at radius 3 is 2.27 bits per heavy atom. The highest BCUT2D eigenvalue weighted by Gasteiger charge is 2.20. The lowest BCUT2D eigenvalue weighted by molar-refractivity contribution is 0.0601. The monoisotopic (exact) mass is 343 g/mol. The van der Waals surface area contributed by atoms with E-state index in [0.717, 1.165) is 32.9 Å². The largest absolute Gasteiger partial charge is 0.465 e. The molecule has 128 valence electrons. The predicted octanol–water partition coefficient (Wildman–Crippen LogP) is 4.91. The molecule has 1 aromatic heterocycles. The summed E-state index contributed by atoms with van der Waals surface area (Å²) in [7, 11) is 1.37. The number of methoxy groups -OCH3 is 1. The molecule has 3 aromatic carbocycles. The van der Waals surface area contributed by atoms with Gasteiger partial charge in [0, 0.05) is 23.3 Å². The average Bonchev–Trinajstić information content (AvgIpc) is 3.02. The zero-order valence-electron chi connectivity index (χ0n) is 14.5. The maximum absolute atomic E-state index is 12.5. The lowest BCUT2D eigenvalue weighted by Gasteiger charge is -2.10. The van der Waals surface area contributed by atoms with Gasteiger partial charge < -0.3 is 4.74 Å². The molecule has 0 spiro atoms. The van der Waals surface area contributed by atoms with E-state index in [2.05, 4.69) is 0 Å². The van der Waals surface area contributed by atoms with Gasteiger partial charge in [0.05, 0.1) is 23.7 Å². The second kappa shape index (κ2) is 6.15. The first-order valence-electron chi connectivity index (χ1n) is 8.33. The van der Waals surface area contributed by atoms with Crippen LogP contribution in [-0.2, 0) is 4.74 Å². The van der Waals surface area contributed by atoms with Crippen molar-refractivity contribution in [2.24, 2.45) is 0 Å². The van der Waals surface area contributed by atoms with Crippen LogP contribution in [0.1, 0.15) is 22.1 Å². The molecule has 1 heterocycles. The summed E-state index contributed by atoms with van der Waals surface area (Å²) in [4.78, 5) is 24.7. The molecule has 4 rings (SSSR count). The van der Waals surface area contributed by atoms with E-state index in [1.165, 1.54) is 7.11 Å². The summed E-state index contributed by atoms with van der Waals surface area (Å²) in [6.45, 7) is 1.55. The van der Waals surface area contributed by atoms with Crippen molar-refractivity contribution < 1.29 is 14.3 Å². The van der Waals surface area contributed by atoms with E-state index < -0.39 is 5.97 Å². The number of para-hydroxylation sites is 1. The molecule has 0 fully saturated rings. The molecule has 0 saturated carbocycles. The molecule has 0 aliphatic heterocycles. The third kappa shape index (κ3) is 2.39. The summed E-state index contributed by atoms with van der Waals surface area (Å²) in [6.07, 6.45) is 0. The number of benzene rings is 3. The Bertz CT molecular complexity index is 1160. The van der Waals surface area contributed by atoms with Crippen molar-refractivity contribution in [3.8, 4) is 11.1 Å². The lowest BCUT2D eigenvalue weighted by Crippen LogP contribution is -2.07. The van der Waals surface area contributed by atoms with Crippen LogP contribution in [-0.4, -0.2) is 23.6 Å². The molecule has 4 heteroatoms. The van der Waals surface area contributed by atoms with Gasteiger partial charge in [-0.2, -0.15) is 0 Å². The Kier molecular flexibility index (Phi) is 3.81. The highest BCUT2D eigenvalue weighted by Crippen LogP contribution is 2.37. The number of ether oxygens (including phenoxy) is 1. The van der Waals surface area contributed by atoms with E-state index in [9.17, 15) is 9.59 Å². The highest BCUT2D eigenvalue weighted by atomic mass is 16.5. The first-order chi connectivity index (χ1) is 12.6. The van der Waals surface area contributed by atoms with Crippen molar-refractivity contribution >= 4 is 33.7 Å². The van der Waals surface area contributed by atoms with Crippen molar-refractivity contribution in [1.82, 2.24) is 4.57 Å². The van der Waals surface area contributed by atoms with E-state index in [1.54, 1.807) is 23.6 Å². The first kappa shape index (κ1) is 16.1. The minimum absolute atomic E-state index is 0.0702. The van der Waals surface area contributed by atoms with Crippen molar-refractivity contribution in [3.05, 3.63) is 72.3 Å². The Labute approximate surface area is 150 Å². The predicted molar refractivity (Wildman–Crippen MR) is 103 cm³/mol. The summed E-state index contributed by atoms with van der Waals surface area (Å²) in [6, 6.07) is 21.1. The standard InChI is InChI=1S/C22H17NO3/c1-14(24)23-20-11-7-6-10-17(20)19-13-16(22(25)26-2)12-18(21(19)23)15-8-4-3-5-9-15/h3-13H,1-2H3. The van der Waals surface area contributed by atoms with Crippen LogP contribution in [0.4, 0.5) is 0 Å². The normalized spacial score (nSPS) is 11.0. The van der Waals surface area contributed by atoms with Crippen LogP contribution in [0.15, 0.2) is 66.7 Å². The van der Waals surface area contributed by atoms with Gasteiger partial charge in [0.1, 0.15) is 0 Å². The number of nitrogens with zero attached hydrogens (tertiary/aromatic N) is 1. The van der Waals surface area contributed by atoms with Gasteiger partial charge in [0.2, 0.25) is 5.91 Å². The third-order valence-electron chi connectivity index (χ3n) is 4.59. The second-order valence-corrected chi connectivity index (χ2v) is 6.15. The van der Waals surface area contributed by atoms with E-state index in [0.29, 0.717) is 5.56 Å². The fraction of sp³-hybridized carbons (Fsp3) is 0.0909. The van der Waals surface area contributed by atoms with Crippen LogP contribution in [0, 0.1) is 0 Å². The Morgan fingerprint density at radius 1 is 0.885 bits per heavy atom. The molecular weight excluding hydrogens is 326 g/mol. The molecule has 0 radical (unpaired) electrons. The van der Waals surface area contributed by atoms with E-state index in [-0.39, 0.29) is 5.91 Å². The number of aromatic nitrogens is 1. The van der Waals surface area contributed by atoms with Crippen LogP contribution in [0.2, 0.25) is 0 Å². The average molecular weight is 343 g/mol. The maximum Gasteiger partial charge on any atom is 0.337 e. The van der Waals surface area contributed by atoms with Gasteiger partial charge in [-0.15, -0.1) is 0 Å². The number of hydrogen-bond acceptors (Lipinski definition) is 3. The molecule has 0 saturated heterocycles. The van der Waals surface area contributed by atoms with Gasteiger partial charge in [-0.05, 0) is 23.8 Å². The van der Waals surface area contributed by atoms with Crippen LogP contribution >= 0.6 is 0 Å². The second-order valence-electron chi connectivity index (χ2n) is 6.15. The number of carbonyl (C=O) groups excluding carboxylic acids is 2. The zero-order chi connectivity index (χ0) is 18.3. The first-order valence-corrected chi connectivity index (χ1v) is 8.33. The summed E-state index contributed by atoms with van der Waals surface area (Å²) < 4.78 is 6.65. The van der Waals surface area contributed by atoms with Gasteiger partial charge >= 0.3 is 5.97 Å². The van der Waals surface area contributed by atoms with Crippen LogP contribution in [0.3, 0.4) is 0 Å². The van der Waals surface area contributed by atoms with Gasteiger partial charge in [-0.3, -0.25) is 9.36 Å². The molecule has 0 atom stereocenters. The van der Waals surface area contributed by atoms with Gasteiger partial charge in [-0.1, -0.05) is 48.5 Å². The maximum atomic E-state index is 12.5. The Morgan fingerprint density at radius 2 is 1.58 bits per heavy atom. The number of esters is 1. The fourth-order valence-corrected chi connectivity index (χ4v) is 3.50. The van der Waals surface area contributed by atoms with Crippen LogP contribution < -0.4 is 0 Å². The van der Waals surface area contributed by atoms with Crippen molar-refractivity contribution in [3.63, 3.8) is 0 Å². The number of hydrogen-bond donors (Lipinski definition) is 0. The van der Waals surface area contributed by atoms with Crippen molar-refractivity contribution in [2.75, 3.05) is 7.11 Å². The topological polar surface area (TPSA) is 48.3 Å². The molecule has 0 amide bonds. The van der Waals surface area contributed by atoms with E-state index >= 15 is 0 Å². The molecule has 0 aliphatic rings. The minimum atomic E-state index is -0.399. The molecule has 4 aromatic rings. The van der Waals surface area contributed by atoms with Gasteiger partial charge in [-0.25, -0.2) is 4.79 Å². The van der Waals surface area contributed by atoms with Crippen LogP contribution in [0.25, 0.3) is 32.9 Å². The molecule has 26 heavy (non-hydrogen) atoms.